The molecule has 1 nitrogen and oxygen atoms in total. The van der Waals surface area contributed by atoms with Gasteiger partial charge >= 0.3 is 58.4 Å². The molecule has 0 amide bonds. The van der Waals surface area contributed by atoms with Crippen LogP contribution < -0.4 is 61.6 Å². The van der Waals surface area contributed by atoms with Crippen LogP contribution in [0.1, 0.15) is 19.4 Å². The number of allylic oxidation sites excluding steroid dienone is 1. The average molecular weight is 282 g/mol. The van der Waals surface area contributed by atoms with Gasteiger partial charge < -0.3 is 17.7 Å². The molecule has 0 aliphatic carbocycles. The fraction of sp³-hybridized carbons (Fsp3) is 0.333. The molecule has 1 aromatic carbocycles. The maximum atomic E-state index is 12.6. The summed E-state index contributed by atoms with van der Waals surface area (Å²) in [5.41, 5.74) is 0.753. The summed E-state index contributed by atoms with van der Waals surface area (Å²) in [6.45, 7) is 0.745. The standard InChI is InChI=1S/C12H15BF3O.K/c1-9(2)6-7-17-11-4-5-12(10(3)8-11)13(14,15)16;/h4-6,8H,7H2,1-3H3;/q-1;+1. The van der Waals surface area contributed by atoms with E-state index in [4.69, 9.17) is 4.74 Å². The largest absolute Gasteiger partial charge is 1.00 e. The molecule has 1 rings (SSSR count). The van der Waals surface area contributed by atoms with Gasteiger partial charge in [0.25, 0.3) is 0 Å². The number of benzene rings is 1. The Morgan fingerprint density at radius 1 is 1.28 bits per heavy atom. The van der Waals surface area contributed by atoms with Crippen molar-refractivity contribution in [2.45, 2.75) is 20.8 Å². The van der Waals surface area contributed by atoms with Gasteiger partial charge in [-0.3, -0.25) is 0 Å². The van der Waals surface area contributed by atoms with E-state index in [1.807, 2.05) is 19.9 Å². The van der Waals surface area contributed by atoms with Crippen molar-refractivity contribution >= 4 is 12.4 Å². The summed E-state index contributed by atoms with van der Waals surface area (Å²) in [5, 5.41) is 0. The SMILES string of the molecule is CC(C)=CCOc1ccc([B-](F)(F)F)c(C)c1.[K+]. The monoisotopic (exact) mass is 282 g/mol. The van der Waals surface area contributed by atoms with Gasteiger partial charge in [-0.15, -0.1) is 5.46 Å². The molecule has 94 valence electrons. The van der Waals surface area contributed by atoms with E-state index >= 15 is 0 Å². The van der Waals surface area contributed by atoms with E-state index in [0.29, 0.717) is 12.4 Å². The van der Waals surface area contributed by atoms with Gasteiger partial charge in [0.1, 0.15) is 12.4 Å². The van der Waals surface area contributed by atoms with E-state index in [2.05, 4.69) is 0 Å². The molecule has 0 bridgehead atoms. The minimum Gasteiger partial charge on any atom is -0.490 e. The second-order valence-corrected chi connectivity index (χ2v) is 4.19. The van der Waals surface area contributed by atoms with Crippen molar-refractivity contribution in [1.29, 1.82) is 0 Å². The van der Waals surface area contributed by atoms with Crippen LogP contribution in [0.25, 0.3) is 0 Å². The van der Waals surface area contributed by atoms with Crippen molar-refractivity contribution in [2.24, 2.45) is 0 Å². The second kappa shape index (κ2) is 7.75. The van der Waals surface area contributed by atoms with E-state index in [-0.39, 0.29) is 56.9 Å². The maximum absolute atomic E-state index is 12.6. The third-order valence-corrected chi connectivity index (χ3v) is 2.34. The molecule has 0 aliphatic heterocycles. The van der Waals surface area contributed by atoms with Gasteiger partial charge in [0.05, 0.1) is 0 Å². The van der Waals surface area contributed by atoms with Crippen LogP contribution in [0.15, 0.2) is 29.8 Å². The first-order valence-electron chi connectivity index (χ1n) is 5.37. The molecule has 0 radical (unpaired) electrons. The second-order valence-electron chi connectivity index (χ2n) is 4.19. The Hall–Kier alpha value is 0.251. The first-order valence-corrected chi connectivity index (χ1v) is 5.37. The molecule has 0 fully saturated rings. The summed E-state index contributed by atoms with van der Waals surface area (Å²) in [7, 11) is 0. The molecular formula is C12H15BF3KO. The topological polar surface area (TPSA) is 9.23 Å². The van der Waals surface area contributed by atoms with Crippen molar-refractivity contribution in [3.05, 3.63) is 35.4 Å². The summed E-state index contributed by atoms with van der Waals surface area (Å²) in [6, 6.07) is 3.85. The van der Waals surface area contributed by atoms with Crippen molar-refractivity contribution in [3.63, 3.8) is 0 Å². The van der Waals surface area contributed by atoms with Crippen LogP contribution in [-0.4, -0.2) is 13.6 Å². The molecule has 0 heterocycles. The van der Waals surface area contributed by atoms with Crippen LogP contribution in [0.5, 0.6) is 5.75 Å². The van der Waals surface area contributed by atoms with Crippen LogP contribution in [0.4, 0.5) is 12.9 Å². The zero-order valence-electron chi connectivity index (χ0n) is 11.1. The number of hydrogen-bond acceptors (Lipinski definition) is 1. The summed E-state index contributed by atoms with van der Waals surface area (Å²) in [6.07, 6.45) is 1.87. The predicted octanol–water partition coefficient (Wildman–Crippen LogP) is 0.398. The predicted molar refractivity (Wildman–Crippen MR) is 64.8 cm³/mol. The zero-order valence-corrected chi connectivity index (χ0v) is 14.3. The van der Waals surface area contributed by atoms with Crippen LogP contribution in [0, 0.1) is 6.92 Å². The fourth-order valence-corrected chi connectivity index (χ4v) is 1.41. The molecule has 0 saturated carbocycles. The quantitative estimate of drug-likeness (QED) is 0.574. The fourth-order valence-electron chi connectivity index (χ4n) is 1.41. The van der Waals surface area contributed by atoms with Crippen LogP contribution in [-0.2, 0) is 0 Å². The third-order valence-electron chi connectivity index (χ3n) is 2.34. The van der Waals surface area contributed by atoms with Crippen LogP contribution >= 0.6 is 0 Å². The number of rotatable bonds is 4. The van der Waals surface area contributed by atoms with Crippen LogP contribution in [0.3, 0.4) is 0 Å². The smallest absolute Gasteiger partial charge is 0.490 e. The minimum atomic E-state index is -4.94. The molecule has 1 aromatic rings. The zero-order chi connectivity index (χ0) is 13.1. The van der Waals surface area contributed by atoms with Crippen molar-refractivity contribution in [2.75, 3.05) is 6.61 Å². The Balaban J connectivity index is 0.00000289. The van der Waals surface area contributed by atoms with Crippen LogP contribution in [0.2, 0.25) is 0 Å². The first kappa shape index (κ1) is 18.3. The Bertz CT molecular complexity index is 426. The van der Waals surface area contributed by atoms with Crippen molar-refractivity contribution < 1.29 is 69.1 Å². The number of halogens is 3. The molecule has 0 aromatic heterocycles. The van der Waals surface area contributed by atoms with Gasteiger partial charge in [0.15, 0.2) is 0 Å². The Labute approximate surface area is 148 Å². The Morgan fingerprint density at radius 2 is 1.89 bits per heavy atom. The first-order chi connectivity index (χ1) is 7.80. The van der Waals surface area contributed by atoms with Gasteiger partial charge in [-0.05, 0) is 39.0 Å². The number of aryl methyl sites for hydroxylation is 1. The summed E-state index contributed by atoms with van der Waals surface area (Å²) < 4.78 is 43.0. The Morgan fingerprint density at radius 3 is 2.33 bits per heavy atom. The molecular weight excluding hydrogens is 267 g/mol. The van der Waals surface area contributed by atoms with E-state index < -0.39 is 12.4 Å². The molecule has 0 atom stereocenters. The summed E-state index contributed by atoms with van der Waals surface area (Å²) in [4.78, 5) is 0. The molecule has 0 saturated heterocycles. The summed E-state index contributed by atoms with van der Waals surface area (Å²) >= 11 is 0. The van der Waals surface area contributed by atoms with E-state index in [9.17, 15) is 12.9 Å². The molecule has 6 heteroatoms. The van der Waals surface area contributed by atoms with E-state index in [0.717, 1.165) is 11.6 Å². The van der Waals surface area contributed by atoms with Gasteiger partial charge in [0, 0.05) is 0 Å². The van der Waals surface area contributed by atoms with Gasteiger partial charge in [0.2, 0.25) is 0 Å². The number of hydrogen-bond donors (Lipinski definition) is 0. The van der Waals surface area contributed by atoms with Gasteiger partial charge in [-0.25, -0.2) is 0 Å². The number of ether oxygens (including phenoxy) is 1. The Kier molecular flexibility index (Phi) is 7.86. The van der Waals surface area contributed by atoms with E-state index in [1.54, 1.807) is 0 Å². The van der Waals surface area contributed by atoms with Crippen molar-refractivity contribution in [3.8, 4) is 5.75 Å². The summed E-state index contributed by atoms with van der Waals surface area (Å²) in [5.74, 6) is 0.462. The molecule has 0 aliphatic rings. The normalized spacial score (nSPS) is 10.6. The minimum absolute atomic E-state index is 0. The van der Waals surface area contributed by atoms with Gasteiger partial charge in [-0.2, -0.15) is 0 Å². The molecule has 0 spiro atoms. The maximum Gasteiger partial charge on any atom is 1.00 e. The van der Waals surface area contributed by atoms with Crippen molar-refractivity contribution in [1.82, 2.24) is 0 Å². The average Bonchev–Trinajstić information content (AvgIpc) is 2.14. The molecule has 18 heavy (non-hydrogen) atoms. The molecule has 0 N–H and O–H groups in total. The third kappa shape index (κ3) is 5.93. The van der Waals surface area contributed by atoms with E-state index in [1.165, 1.54) is 19.1 Å². The van der Waals surface area contributed by atoms with Gasteiger partial charge in [-0.1, -0.05) is 17.2 Å². The molecule has 0 unspecified atom stereocenters.